The Morgan fingerprint density at radius 3 is 2.30 bits per heavy atom. The van der Waals surface area contributed by atoms with Crippen LogP contribution in [0.1, 0.15) is 108 Å². The van der Waals surface area contributed by atoms with Gasteiger partial charge in [0, 0.05) is 34.5 Å². The summed E-state index contributed by atoms with van der Waals surface area (Å²) in [6.45, 7) is 20.1. The zero-order valence-electron chi connectivity index (χ0n) is 33.2. The van der Waals surface area contributed by atoms with Gasteiger partial charge in [-0.1, -0.05) is 110 Å². The molecular weight excluding hydrogens is 755 g/mol. The van der Waals surface area contributed by atoms with Gasteiger partial charge in [0.2, 0.25) is 0 Å². The van der Waals surface area contributed by atoms with E-state index in [4.69, 9.17) is 14.8 Å². The molecule has 0 aliphatic rings. The van der Waals surface area contributed by atoms with Crippen LogP contribution in [0.5, 0.6) is 11.5 Å². The molecule has 0 unspecified atom stereocenters. The minimum Gasteiger partial charge on any atom is -0.509 e. The number of para-hydroxylation sites is 1. The molecule has 0 aliphatic heterocycles. The number of hydrogen-bond donors (Lipinski definition) is 0. The van der Waals surface area contributed by atoms with Crippen molar-refractivity contribution in [1.82, 2.24) is 19.3 Å². The summed E-state index contributed by atoms with van der Waals surface area (Å²) in [6, 6.07) is 35.3. The zero-order chi connectivity index (χ0) is 37.4. The van der Waals surface area contributed by atoms with Crippen molar-refractivity contribution in [2.75, 3.05) is 0 Å². The van der Waals surface area contributed by atoms with E-state index in [2.05, 4.69) is 156 Å². The largest absolute Gasteiger partial charge is 2.00 e. The fourth-order valence-corrected chi connectivity index (χ4v) is 7.59. The SMILES string of the molecule is CCCc1nn(-c2[c-]c(Oc3[c-]c4c(cc3)c3ccccc3n4-c3cc(C(C)C)ccn3)cc(C(C)(C)C)c2)c(CCC)c1-c1c(C)cccc1CC.[Pd+2]. The molecule has 0 aliphatic carbocycles. The van der Waals surface area contributed by atoms with Crippen LogP contribution in [0.4, 0.5) is 0 Å². The van der Waals surface area contributed by atoms with Crippen LogP contribution in [0.15, 0.2) is 85.1 Å². The Morgan fingerprint density at radius 2 is 1.57 bits per heavy atom. The Hall–Kier alpha value is -4.50. The average molecular weight is 807 g/mol. The van der Waals surface area contributed by atoms with Gasteiger partial charge in [-0.05, 0) is 89.0 Å². The third-order valence-electron chi connectivity index (χ3n) is 10.4. The van der Waals surface area contributed by atoms with Gasteiger partial charge in [-0.15, -0.1) is 41.3 Å². The Kier molecular flexibility index (Phi) is 11.7. The van der Waals surface area contributed by atoms with E-state index in [0.717, 1.165) is 76.7 Å². The number of pyridine rings is 1. The molecule has 0 N–H and O–H groups in total. The van der Waals surface area contributed by atoms with Crippen LogP contribution in [0.25, 0.3) is 44.4 Å². The summed E-state index contributed by atoms with van der Waals surface area (Å²) in [4.78, 5) is 4.83. The maximum absolute atomic E-state index is 6.77. The van der Waals surface area contributed by atoms with Crippen LogP contribution in [-0.2, 0) is 45.1 Å². The molecule has 280 valence electrons. The van der Waals surface area contributed by atoms with Crippen molar-refractivity contribution in [1.29, 1.82) is 0 Å². The Morgan fingerprint density at radius 1 is 0.796 bits per heavy atom. The molecule has 7 rings (SSSR count). The third kappa shape index (κ3) is 7.44. The smallest absolute Gasteiger partial charge is 0.509 e. The number of aromatic nitrogens is 4. The molecule has 3 heterocycles. The molecule has 4 aromatic carbocycles. The van der Waals surface area contributed by atoms with Crippen molar-refractivity contribution in [2.45, 2.75) is 106 Å². The molecule has 7 aromatic rings. The van der Waals surface area contributed by atoms with E-state index in [1.165, 1.54) is 33.5 Å². The molecule has 0 fully saturated rings. The summed E-state index contributed by atoms with van der Waals surface area (Å²) in [6.07, 6.45) is 6.74. The fourth-order valence-electron chi connectivity index (χ4n) is 7.59. The van der Waals surface area contributed by atoms with Gasteiger partial charge in [-0.3, -0.25) is 4.68 Å². The van der Waals surface area contributed by atoms with E-state index in [1.807, 2.05) is 12.3 Å². The zero-order valence-corrected chi connectivity index (χ0v) is 34.8. The van der Waals surface area contributed by atoms with Crippen LogP contribution < -0.4 is 4.74 Å². The molecule has 54 heavy (non-hydrogen) atoms. The van der Waals surface area contributed by atoms with Gasteiger partial charge in [0.25, 0.3) is 0 Å². The molecular formula is C48H52N4OPd. The van der Waals surface area contributed by atoms with Crippen molar-refractivity contribution in [3.05, 3.63) is 131 Å². The van der Waals surface area contributed by atoms with Crippen molar-refractivity contribution in [3.63, 3.8) is 0 Å². The van der Waals surface area contributed by atoms with E-state index in [9.17, 15) is 0 Å². The molecule has 0 atom stereocenters. The minimum absolute atomic E-state index is 0. The van der Waals surface area contributed by atoms with Gasteiger partial charge < -0.3 is 9.30 Å². The fraction of sp³-hybridized carbons (Fsp3) is 0.333. The first-order chi connectivity index (χ1) is 25.5. The van der Waals surface area contributed by atoms with Crippen LogP contribution >= 0.6 is 0 Å². The molecule has 0 amide bonds. The maximum atomic E-state index is 6.77. The van der Waals surface area contributed by atoms with Crippen LogP contribution in [0.3, 0.4) is 0 Å². The second-order valence-corrected chi connectivity index (χ2v) is 15.7. The summed E-state index contributed by atoms with van der Waals surface area (Å²) in [5.41, 5.74) is 12.9. The first-order valence-corrected chi connectivity index (χ1v) is 19.4. The Balaban J connectivity index is 0.00000497. The normalized spacial score (nSPS) is 11.8. The number of aryl methyl sites for hydroxylation is 3. The summed E-state index contributed by atoms with van der Waals surface area (Å²) < 4.78 is 11.1. The van der Waals surface area contributed by atoms with Crippen LogP contribution in [-0.4, -0.2) is 19.3 Å². The van der Waals surface area contributed by atoms with Crippen molar-refractivity contribution < 1.29 is 25.2 Å². The number of ether oxygens (including phenoxy) is 1. The van der Waals surface area contributed by atoms with E-state index in [1.54, 1.807) is 0 Å². The number of rotatable bonds is 11. The molecule has 3 aromatic heterocycles. The van der Waals surface area contributed by atoms with Gasteiger partial charge in [-0.2, -0.15) is 11.2 Å². The monoisotopic (exact) mass is 806 g/mol. The van der Waals surface area contributed by atoms with Crippen molar-refractivity contribution in [3.8, 4) is 34.1 Å². The first kappa shape index (κ1) is 39.2. The Bertz CT molecular complexity index is 2430. The summed E-state index contributed by atoms with van der Waals surface area (Å²) in [5, 5.41) is 7.66. The van der Waals surface area contributed by atoms with E-state index in [0.29, 0.717) is 17.4 Å². The molecule has 0 saturated heterocycles. The number of nitrogens with zero attached hydrogens (tertiary/aromatic N) is 4. The van der Waals surface area contributed by atoms with Gasteiger partial charge in [0.1, 0.15) is 5.82 Å². The molecule has 0 bridgehead atoms. The van der Waals surface area contributed by atoms with E-state index >= 15 is 0 Å². The number of benzene rings is 4. The number of hydrogen-bond acceptors (Lipinski definition) is 3. The van der Waals surface area contributed by atoms with Crippen molar-refractivity contribution >= 4 is 21.8 Å². The number of fused-ring (bicyclic) bond motifs is 3. The molecule has 0 saturated carbocycles. The van der Waals surface area contributed by atoms with E-state index < -0.39 is 0 Å². The molecule has 6 heteroatoms. The summed E-state index contributed by atoms with van der Waals surface area (Å²) >= 11 is 0. The van der Waals surface area contributed by atoms with Crippen molar-refractivity contribution in [2.24, 2.45) is 0 Å². The van der Waals surface area contributed by atoms with Crippen LogP contribution in [0, 0.1) is 19.1 Å². The van der Waals surface area contributed by atoms with Gasteiger partial charge >= 0.3 is 20.4 Å². The molecule has 0 spiro atoms. The van der Waals surface area contributed by atoms with Gasteiger partial charge in [0.15, 0.2) is 0 Å². The standard InChI is InChI=1S/C48H52N4O.Pd/c1-10-16-41-47(46-32(6)18-15-19-33(46)12-3)43(17-11-2)52(50-41)36-27-35(48(7,8)9)28-38(29-36)53-37-22-23-40-39-20-13-14-21-42(39)51(44(40)30-37)45-26-34(31(4)5)24-25-49-45;/h13-15,18-28,31H,10-12,16-17H2,1-9H3;/q-2;+2. The second-order valence-electron chi connectivity index (χ2n) is 15.7. The minimum atomic E-state index is -0.131. The first-order valence-electron chi connectivity index (χ1n) is 19.4. The maximum Gasteiger partial charge on any atom is 2.00 e. The average Bonchev–Trinajstić information content (AvgIpc) is 3.66. The Labute approximate surface area is 335 Å². The quantitative estimate of drug-likeness (QED) is 0.0966. The second kappa shape index (κ2) is 16.1. The van der Waals surface area contributed by atoms with Gasteiger partial charge in [-0.25, -0.2) is 4.98 Å². The predicted molar refractivity (Wildman–Crippen MR) is 220 cm³/mol. The summed E-state index contributed by atoms with van der Waals surface area (Å²) in [5.74, 6) is 2.54. The molecule has 5 nitrogen and oxygen atoms in total. The predicted octanol–water partition coefficient (Wildman–Crippen LogP) is 12.6. The third-order valence-corrected chi connectivity index (χ3v) is 10.4. The summed E-state index contributed by atoms with van der Waals surface area (Å²) in [7, 11) is 0. The van der Waals surface area contributed by atoms with E-state index in [-0.39, 0.29) is 25.8 Å². The molecule has 0 radical (unpaired) electrons. The van der Waals surface area contributed by atoms with Gasteiger partial charge in [0.05, 0.1) is 5.69 Å². The van der Waals surface area contributed by atoms with Crippen LogP contribution in [0.2, 0.25) is 0 Å². The topological polar surface area (TPSA) is 44.9 Å².